The van der Waals surface area contributed by atoms with E-state index in [2.05, 4.69) is 40.9 Å². The van der Waals surface area contributed by atoms with Gasteiger partial charge in [-0.1, -0.05) is 6.42 Å². The Labute approximate surface area is 109 Å². The number of nitrogens with zero attached hydrogens (tertiary/aromatic N) is 3. The first-order chi connectivity index (χ1) is 8.56. The van der Waals surface area contributed by atoms with E-state index in [0.717, 1.165) is 31.9 Å². The summed E-state index contributed by atoms with van der Waals surface area (Å²) in [6.45, 7) is 9.14. The fourth-order valence-corrected chi connectivity index (χ4v) is 2.41. The van der Waals surface area contributed by atoms with Gasteiger partial charge in [0.2, 0.25) is 0 Å². The van der Waals surface area contributed by atoms with E-state index < -0.39 is 0 Å². The van der Waals surface area contributed by atoms with Crippen molar-refractivity contribution in [3.63, 3.8) is 0 Å². The van der Waals surface area contributed by atoms with Crippen LogP contribution in [0.2, 0.25) is 0 Å². The Balaban J connectivity index is 1.88. The van der Waals surface area contributed by atoms with Gasteiger partial charge in [0.25, 0.3) is 0 Å². The van der Waals surface area contributed by atoms with Gasteiger partial charge in [-0.3, -0.25) is 10.00 Å². The van der Waals surface area contributed by atoms with Gasteiger partial charge in [0.1, 0.15) is 12.2 Å². The summed E-state index contributed by atoms with van der Waals surface area (Å²) >= 11 is 0. The molecule has 0 unspecified atom stereocenters. The SMILES string of the molecule is CC(C)(C)OCCN1CCCC[C@H]1c1ncn[nH]1. The predicted molar refractivity (Wildman–Crippen MR) is 70.3 cm³/mol. The average Bonchev–Trinajstić information content (AvgIpc) is 2.81. The molecule has 0 spiro atoms. The fraction of sp³-hybridized carbons (Fsp3) is 0.846. The first kappa shape index (κ1) is 13.5. The normalized spacial score (nSPS) is 22.3. The summed E-state index contributed by atoms with van der Waals surface area (Å²) in [7, 11) is 0. The lowest BCUT2D eigenvalue weighted by Gasteiger charge is -2.34. The number of aromatic nitrogens is 3. The molecule has 1 N–H and O–H groups in total. The third-order valence-corrected chi connectivity index (χ3v) is 3.28. The van der Waals surface area contributed by atoms with Gasteiger partial charge in [-0.25, -0.2) is 4.98 Å². The lowest BCUT2D eigenvalue weighted by atomic mass is 10.0. The zero-order chi connectivity index (χ0) is 13.0. The second-order valence-corrected chi connectivity index (χ2v) is 5.88. The van der Waals surface area contributed by atoms with Crippen LogP contribution < -0.4 is 0 Å². The van der Waals surface area contributed by atoms with Crippen molar-refractivity contribution in [3.8, 4) is 0 Å². The summed E-state index contributed by atoms with van der Waals surface area (Å²) in [6, 6.07) is 0.379. The largest absolute Gasteiger partial charge is 0.375 e. The second kappa shape index (κ2) is 5.80. The molecule has 1 saturated heterocycles. The number of likely N-dealkylation sites (tertiary alicyclic amines) is 1. The molecule has 1 atom stereocenters. The maximum Gasteiger partial charge on any atom is 0.141 e. The maximum absolute atomic E-state index is 5.81. The molecule has 2 heterocycles. The molecule has 18 heavy (non-hydrogen) atoms. The molecule has 1 aliphatic rings. The molecule has 1 aromatic heterocycles. The minimum Gasteiger partial charge on any atom is -0.375 e. The second-order valence-electron chi connectivity index (χ2n) is 5.88. The molecule has 1 aliphatic heterocycles. The zero-order valence-electron chi connectivity index (χ0n) is 11.6. The van der Waals surface area contributed by atoms with Crippen molar-refractivity contribution in [1.82, 2.24) is 20.1 Å². The van der Waals surface area contributed by atoms with Crippen molar-refractivity contribution >= 4 is 0 Å². The van der Waals surface area contributed by atoms with Crippen LogP contribution in [0.15, 0.2) is 6.33 Å². The summed E-state index contributed by atoms with van der Waals surface area (Å²) in [5.74, 6) is 0.991. The Morgan fingerprint density at radius 3 is 2.94 bits per heavy atom. The lowest BCUT2D eigenvalue weighted by Crippen LogP contribution is -2.37. The quantitative estimate of drug-likeness (QED) is 0.892. The van der Waals surface area contributed by atoms with E-state index in [1.807, 2.05) is 0 Å². The molecule has 1 aromatic rings. The number of hydrogen-bond acceptors (Lipinski definition) is 4. The van der Waals surface area contributed by atoms with Crippen molar-refractivity contribution < 1.29 is 4.74 Å². The summed E-state index contributed by atoms with van der Waals surface area (Å²) in [5.41, 5.74) is -0.0580. The van der Waals surface area contributed by atoms with Crippen LogP contribution in [0.3, 0.4) is 0 Å². The van der Waals surface area contributed by atoms with Gasteiger partial charge >= 0.3 is 0 Å². The van der Waals surface area contributed by atoms with E-state index in [1.165, 1.54) is 12.8 Å². The molecule has 5 nitrogen and oxygen atoms in total. The minimum atomic E-state index is -0.0580. The van der Waals surface area contributed by atoms with E-state index in [0.29, 0.717) is 6.04 Å². The first-order valence-corrected chi connectivity index (χ1v) is 6.79. The number of nitrogens with one attached hydrogen (secondary N) is 1. The molecule has 0 radical (unpaired) electrons. The fourth-order valence-electron chi connectivity index (χ4n) is 2.41. The Morgan fingerprint density at radius 2 is 2.28 bits per heavy atom. The monoisotopic (exact) mass is 252 g/mol. The average molecular weight is 252 g/mol. The van der Waals surface area contributed by atoms with Crippen LogP contribution in [-0.4, -0.2) is 45.4 Å². The molecule has 0 aromatic carbocycles. The third-order valence-electron chi connectivity index (χ3n) is 3.28. The van der Waals surface area contributed by atoms with Crippen LogP contribution in [0, 0.1) is 0 Å². The predicted octanol–water partition coefficient (Wildman–Crippen LogP) is 2.15. The number of ether oxygens (including phenoxy) is 1. The van der Waals surface area contributed by atoms with E-state index in [9.17, 15) is 0 Å². The Bertz CT molecular complexity index is 344. The van der Waals surface area contributed by atoms with Crippen molar-refractivity contribution in [3.05, 3.63) is 12.2 Å². The van der Waals surface area contributed by atoms with Crippen LogP contribution in [0.25, 0.3) is 0 Å². The number of rotatable bonds is 4. The molecule has 0 bridgehead atoms. The lowest BCUT2D eigenvalue weighted by molar-refractivity contribution is -0.0218. The highest BCUT2D eigenvalue weighted by Crippen LogP contribution is 2.28. The molecular weight excluding hydrogens is 228 g/mol. The smallest absolute Gasteiger partial charge is 0.141 e. The molecule has 102 valence electrons. The topological polar surface area (TPSA) is 54.0 Å². The standard InChI is InChI=1S/C13H24N4O/c1-13(2,3)18-9-8-17-7-5-4-6-11(17)12-14-10-15-16-12/h10-11H,4-9H2,1-3H3,(H,14,15,16)/t11-/m0/s1. The number of H-pyrrole nitrogens is 1. The van der Waals surface area contributed by atoms with Crippen LogP contribution in [-0.2, 0) is 4.74 Å². The Kier molecular flexibility index (Phi) is 4.35. The Morgan fingerprint density at radius 1 is 1.44 bits per heavy atom. The summed E-state index contributed by atoms with van der Waals surface area (Å²) in [4.78, 5) is 6.75. The van der Waals surface area contributed by atoms with Crippen molar-refractivity contribution in [2.75, 3.05) is 19.7 Å². The van der Waals surface area contributed by atoms with Crippen LogP contribution >= 0.6 is 0 Å². The first-order valence-electron chi connectivity index (χ1n) is 6.79. The molecule has 5 heteroatoms. The van der Waals surface area contributed by atoms with Gasteiger partial charge in [0.05, 0.1) is 18.2 Å². The van der Waals surface area contributed by atoms with Crippen LogP contribution in [0.4, 0.5) is 0 Å². The van der Waals surface area contributed by atoms with Gasteiger partial charge in [-0.2, -0.15) is 5.10 Å². The van der Waals surface area contributed by atoms with Gasteiger partial charge in [0, 0.05) is 6.54 Å². The van der Waals surface area contributed by atoms with Crippen molar-refractivity contribution in [2.45, 2.75) is 51.7 Å². The molecule has 2 rings (SSSR count). The molecule has 1 fully saturated rings. The third kappa shape index (κ3) is 3.78. The van der Waals surface area contributed by atoms with E-state index >= 15 is 0 Å². The number of hydrogen-bond donors (Lipinski definition) is 1. The minimum absolute atomic E-state index is 0.0580. The van der Waals surface area contributed by atoms with E-state index in [4.69, 9.17) is 4.74 Å². The highest BCUT2D eigenvalue weighted by molar-refractivity contribution is 4.94. The molecule has 0 amide bonds. The molecular formula is C13H24N4O. The highest BCUT2D eigenvalue weighted by Gasteiger charge is 2.26. The van der Waals surface area contributed by atoms with Crippen LogP contribution in [0.5, 0.6) is 0 Å². The maximum atomic E-state index is 5.81. The van der Waals surface area contributed by atoms with Crippen molar-refractivity contribution in [1.29, 1.82) is 0 Å². The van der Waals surface area contributed by atoms with Crippen LogP contribution in [0.1, 0.15) is 51.9 Å². The molecule has 0 aliphatic carbocycles. The molecule has 0 saturated carbocycles. The number of aromatic amines is 1. The van der Waals surface area contributed by atoms with Crippen molar-refractivity contribution in [2.24, 2.45) is 0 Å². The van der Waals surface area contributed by atoms with Gasteiger partial charge in [0.15, 0.2) is 0 Å². The van der Waals surface area contributed by atoms with Gasteiger partial charge < -0.3 is 4.74 Å². The van der Waals surface area contributed by atoms with E-state index in [-0.39, 0.29) is 5.60 Å². The highest BCUT2D eigenvalue weighted by atomic mass is 16.5. The zero-order valence-corrected chi connectivity index (χ0v) is 11.6. The number of piperidine rings is 1. The Hall–Kier alpha value is -0.940. The van der Waals surface area contributed by atoms with E-state index in [1.54, 1.807) is 6.33 Å². The summed E-state index contributed by atoms with van der Waals surface area (Å²) in [6.07, 6.45) is 5.28. The summed E-state index contributed by atoms with van der Waals surface area (Å²) < 4.78 is 5.81. The summed E-state index contributed by atoms with van der Waals surface area (Å²) in [5, 5.41) is 6.96. The van der Waals surface area contributed by atoms with Gasteiger partial charge in [-0.05, 0) is 40.2 Å². The van der Waals surface area contributed by atoms with Gasteiger partial charge in [-0.15, -0.1) is 0 Å².